The third kappa shape index (κ3) is 2.88. The largest absolute Gasteiger partial charge is 0.464 e. The molecule has 0 atom stereocenters. The first-order valence-electron chi connectivity index (χ1n) is 11.1. The average molecular weight is 454 g/mol. The van der Waals surface area contributed by atoms with E-state index >= 15 is 0 Å². The van der Waals surface area contributed by atoms with Crippen LogP contribution in [0.4, 0.5) is 4.79 Å². The lowest BCUT2D eigenvalue weighted by molar-refractivity contribution is -0.122. The Morgan fingerprint density at radius 3 is 2.53 bits per heavy atom. The average Bonchev–Trinajstić information content (AvgIpc) is 3.47. The summed E-state index contributed by atoms with van der Waals surface area (Å²) in [7, 11) is 3.49. The van der Waals surface area contributed by atoms with Crippen LogP contribution >= 0.6 is 0 Å². The molecule has 0 radical (unpaired) electrons. The molecule has 2 aliphatic heterocycles. The molecular formula is C26H22N4O4. The Balaban J connectivity index is 1.57. The molecule has 0 saturated carbocycles. The number of nitrogens with zero attached hydrogens (tertiary/aromatic N) is 3. The molecule has 8 nitrogen and oxygen atoms in total. The van der Waals surface area contributed by atoms with E-state index in [9.17, 15) is 14.4 Å². The zero-order valence-electron chi connectivity index (χ0n) is 18.8. The van der Waals surface area contributed by atoms with E-state index in [1.165, 1.54) is 0 Å². The van der Waals surface area contributed by atoms with Crippen LogP contribution in [0.3, 0.4) is 0 Å². The van der Waals surface area contributed by atoms with Crippen LogP contribution in [0.1, 0.15) is 16.7 Å². The zero-order chi connectivity index (χ0) is 23.6. The normalized spacial score (nSPS) is 15.9. The SMILES string of the molecule is CN(C)C(=O)N1CCn2cc(C3=C(c4cccc5ccoc45)C(=O)NC3=O)c3cccc(c32)C1. The first kappa shape index (κ1) is 20.3. The summed E-state index contributed by atoms with van der Waals surface area (Å²) in [4.78, 5) is 42.1. The number of nitrogens with one attached hydrogen (secondary N) is 1. The molecule has 34 heavy (non-hydrogen) atoms. The third-order valence-corrected chi connectivity index (χ3v) is 6.56. The predicted molar refractivity (Wildman–Crippen MR) is 128 cm³/mol. The third-order valence-electron chi connectivity index (χ3n) is 6.56. The van der Waals surface area contributed by atoms with Gasteiger partial charge in [-0.3, -0.25) is 14.9 Å². The summed E-state index contributed by atoms with van der Waals surface area (Å²) >= 11 is 0. The Morgan fingerprint density at radius 2 is 1.74 bits per heavy atom. The maximum atomic E-state index is 13.1. The number of urea groups is 1. The van der Waals surface area contributed by atoms with Crippen molar-refractivity contribution in [3.8, 4) is 0 Å². The topological polar surface area (TPSA) is 87.8 Å². The minimum absolute atomic E-state index is 0.0414. The molecule has 4 amide bonds. The molecule has 0 saturated heterocycles. The number of fused-ring (bicyclic) bond motifs is 1. The summed E-state index contributed by atoms with van der Waals surface area (Å²) in [5, 5.41) is 4.22. The van der Waals surface area contributed by atoms with Crippen LogP contribution in [0.15, 0.2) is 59.3 Å². The maximum absolute atomic E-state index is 13.1. The van der Waals surface area contributed by atoms with Gasteiger partial charge in [0.1, 0.15) is 5.58 Å². The van der Waals surface area contributed by atoms with E-state index in [-0.39, 0.29) is 6.03 Å². The summed E-state index contributed by atoms with van der Waals surface area (Å²) < 4.78 is 7.75. The van der Waals surface area contributed by atoms with E-state index in [2.05, 4.69) is 9.88 Å². The van der Waals surface area contributed by atoms with Gasteiger partial charge in [0, 0.05) is 61.8 Å². The lowest BCUT2D eigenvalue weighted by Crippen LogP contribution is -2.39. The highest BCUT2D eigenvalue weighted by atomic mass is 16.3. The first-order valence-corrected chi connectivity index (χ1v) is 11.1. The van der Waals surface area contributed by atoms with Gasteiger partial charge in [0.05, 0.1) is 22.9 Å². The fraction of sp³-hybridized carbons (Fsp3) is 0.192. The minimum Gasteiger partial charge on any atom is -0.464 e. The Labute approximate surface area is 195 Å². The summed E-state index contributed by atoms with van der Waals surface area (Å²) in [6.45, 7) is 1.59. The zero-order valence-corrected chi connectivity index (χ0v) is 18.8. The number of amides is 4. The highest BCUT2D eigenvalue weighted by molar-refractivity contribution is 6.50. The van der Waals surface area contributed by atoms with E-state index in [0.29, 0.717) is 47.5 Å². The molecule has 0 fully saturated rings. The van der Waals surface area contributed by atoms with E-state index in [4.69, 9.17) is 4.42 Å². The summed E-state index contributed by atoms with van der Waals surface area (Å²) in [5.41, 5.74) is 4.49. The molecule has 2 aliphatic rings. The maximum Gasteiger partial charge on any atom is 0.319 e. The Hall–Kier alpha value is -4.33. The lowest BCUT2D eigenvalue weighted by atomic mass is 9.94. The number of aromatic nitrogens is 1. The van der Waals surface area contributed by atoms with Crippen LogP contribution in [-0.2, 0) is 22.7 Å². The fourth-order valence-corrected chi connectivity index (χ4v) is 5.06. The summed E-state index contributed by atoms with van der Waals surface area (Å²) in [6.07, 6.45) is 3.50. The van der Waals surface area contributed by atoms with Crippen LogP contribution in [0, 0.1) is 0 Å². The number of hydrogen-bond acceptors (Lipinski definition) is 4. The van der Waals surface area contributed by atoms with Crippen molar-refractivity contribution in [2.24, 2.45) is 0 Å². The second-order valence-corrected chi connectivity index (χ2v) is 8.83. The number of carbonyl (C=O) groups excluding carboxylic acids is 3. The van der Waals surface area contributed by atoms with Gasteiger partial charge in [0.2, 0.25) is 0 Å². The molecule has 4 heterocycles. The second kappa shape index (κ2) is 7.34. The molecule has 4 aromatic rings. The number of hydrogen-bond donors (Lipinski definition) is 1. The van der Waals surface area contributed by atoms with Gasteiger partial charge >= 0.3 is 6.03 Å². The van der Waals surface area contributed by atoms with E-state index in [1.807, 2.05) is 47.5 Å². The molecule has 6 rings (SSSR count). The molecule has 0 aliphatic carbocycles. The van der Waals surface area contributed by atoms with Crippen LogP contribution in [0.5, 0.6) is 0 Å². The van der Waals surface area contributed by atoms with Crippen molar-refractivity contribution in [2.45, 2.75) is 13.1 Å². The van der Waals surface area contributed by atoms with Gasteiger partial charge in [-0.05, 0) is 11.6 Å². The quantitative estimate of drug-likeness (QED) is 0.470. The van der Waals surface area contributed by atoms with E-state index in [0.717, 1.165) is 21.9 Å². The number of benzene rings is 2. The molecule has 0 bridgehead atoms. The van der Waals surface area contributed by atoms with Crippen LogP contribution in [0.2, 0.25) is 0 Å². The van der Waals surface area contributed by atoms with Gasteiger partial charge in [-0.15, -0.1) is 0 Å². The molecule has 1 N–H and O–H groups in total. The molecular weight excluding hydrogens is 432 g/mol. The number of rotatable bonds is 2. The first-order chi connectivity index (χ1) is 16.4. The number of para-hydroxylation sites is 2. The Kier molecular flexibility index (Phi) is 4.38. The molecule has 2 aromatic carbocycles. The molecule has 2 aromatic heterocycles. The minimum atomic E-state index is -0.434. The van der Waals surface area contributed by atoms with E-state index < -0.39 is 11.8 Å². The van der Waals surface area contributed by atoms with Crippen molar-refractivity contribution < 1.29 is 18.8 Å². The van der Waals surface area contributed by atoms with Crippen molar-refractivity contribution >= 4 is 50.9 Å². The Bertz CT molecular complexity index is 1560. The van der Waals surface area contributed by atoms with Gasteiger partial charge in [-0.25, -0.2) is 4.79 Å². The highest BCUT2D eigenvalue weighted by Crippen LogP contribution is 2.39. The van der Waals surface area contributed by atoms with Gasteiger partial charge in [0.25, 0.3) is 11.8 Å². The smallest absolute Gasteiger partial charge is 0.319 e. The summed E-state index contributed by atoms with van der Waals surface area (Å²) in [5.74, 6) is -0.856. The number of imide groups is 1. The fourth-order valence-electron chi connectivity index (χ4n) is 5.06. The molecule has 0 unspecified atom stereocenters. The molecule has 170 valence electrons. The van der Waals surface area contributed by atoms with Gasteiger partial charge in [-0.1, -0.05) is 36.4 Å². The van der Waals surface area contributed by atoms with Crippen LogP contribution < -0.4 is 5.32 Å². The number of carbonyl (C=O) groups is 3. The van der Waals surface area contributed by atoms with E-state index in [1.54, 1.807) is 31.3 Å². The van der Waals surface area contributed by atoms with Gasteiger partial charge in [-0.2, -0.15) is 0 Å². The van der Waals surface area contributed by atoms with Gasteiger partial charge < -0.3 is 18.8 Å². The predicted octanol–water partition coefficient (Wildman–Crippen LogP) is 3.45. The Morgan fingerprint density at radius 1 is 0.971 bits per heavy atom. The summed E-state index contributed by atoms with van der Waals surface area (Å²) in [6, 6.07) is 13.2. The highest BCUT2D eigenvalue weighted by Gasteiger charge is 2.36. The molecule has 8 heteroatoms. The number of furan rings is 1. The van der Waals surface area contributed by atoms with Crippen LogP contribution in [0.25, 0.3) is 33.0 Å². The standard InChI is InChI=1S/C26H22N4O4/c1-28(2)26(33)30-11-10-29-14-19(17-7-4-6-16(13-30)22(17)29)21-20(24(31)27-25(21)32)18-8-3-5-15-9-12-34-23(15)18/h3-9,12,14H,10-11,13H2,1-2H3,(H,27,31,32). The van der Waals surface area contributed by atoms with Crippen molar-refractivity contribution in [2.75, 3.05) is 20.6 Å². The van der Waals surface area contributed by atoms with Crippen molar-refractivity contribution in [1.82, 2.24) is 19.7 Å². The van der Waals surface area contributed by atoms with Crippen LogP contribution in [-0.4, -0.2) is 52.9 Å². The van der Waals surface area contributed by atoms with Crippen molar-refractivity contribution in [3.05, 3.63) is 71.6 Å². The second-order valence-electron chi connectivity index (χ2n) is 8.83. The van der Waals surface area contributed by atoms with Crippen molar-refractivity contribution in [1.29, 1.82) is 0 Å². The molecule has 0 spiro atoms. The monoisotopic (exact) mass is 454 g/mol. The van der Waals surface area contributed by atoms with Gasteiger partial charge in [0.15, 0.2) is 0 Å². The van der Waals surface area contributed by atoms with Crippen molar-refractivity contribution in [3.63, 3.8) is 0 Å². The lowest BCUT2D eigenvalue weighted by Gasteiger charge is -2.24.